The Labute approximate surface area is 183 Å². The minimum absolute atomic E-state index is 0.00172. The first-order valence-corrected chi connectivity index (χ1v) is 11.4. The van der Waals surface area contributed by atoms with Crippen LogP contribution in [0.5, 0.6) is 5.88 Å². The molecule has 1 aliphatic heterocycles. The van der Waals surface area contributed by atoms with Gasteiger partial charge in [-0.25, -0.2) is 9.78 Å². The molecule has 1 saturated heterocycles. The van der Waals surface area contributed by atoms with Crippen LogP contribution in [0, 0.1) is 11.8 Å². The highest BCUT2D eigenvalue weighted by Gasteiger charge is 2.27. The summed E-state index contributed by atoms with van der Waals surface area (Å²) in [5.41, 5.74) is 1.12. The minimum atomic E-state index is -0.803. The number of halogens is 1. The molecule has 0 spiro atoms. The Morgan fingerprint density at radius 1 is 1.26 bits per heavy atom. The third kappa shape index (κ3) is 7.08. The van der Waals surface area contributed by atoms with Crippen LogP contribution in [-0.4, -0.2) is 55.9 Å². The number of anilines is 1. The summed E-state index contributed by atoms with van der Waals surface area (Å²) in [5, 5.41) is 2.75. The van der Waals surface area contributed by atoms with E-state index >= 15 is 0 Å². The van der Waals surface area contributed by atoms with Gasteiger partial charge in [-0.3, -0.25) is 9.18 Å². The summed E-state index contributed by atoms with van der Waals surface area (Å²) < 4.78 is 23.4. The lowest BCUT2D eigenvalue weighted by Gasteiger charge is -2.22. The van der Waals surface area contributed by atoms with Gasteiger partial charge in [0, 0.05) is 19.5 Å². The molecule has 1 aromatic rings. The Morgan fingerprint density at radius 3 is 2.65 bits per heavy atom. The van der Waals surface area contributed by atoms with Crippen LogP contribution in [-0.2, 0) is 9.53 Å². The molecule has 7 nitrogen and oxygen atoms in total. The van der Waals surface area contributed by atoms with Gasteiger partial charge in [-0.15, -0.1) is 0 Å². The van der Waals surface area contributed by atoms with Crippen LogP contribution in [0.4, 0.5) is 10.1 Å². The van der Waals surface area contributed by atoms with Gasteiger partial charge in [0.25, 0.3) is 5.91 Å². The van der Waals surface area contributed by atoms with Crippen molar-refractivity contribution < 1.29 is 23.5 Å². The van der Waals surface area contributed by atoms with Crippen LogP contribution in [0.2, 0.25) is 0 Å². The van der Waals surface area contributed by atoms with E-state index in [-0.39, 0.29) is 24.6 Å². The quantitative estimate of drug-likeness (QED) is 0.400. The van der Waals surface area contributed by atoms with Crippen molar-refractivity contribution in [1.82, 2.24) is 10.3 Å². The van der Waals surface area contributed by atoms with E-state index in [1.165, 1.54) is 12.8 Å². The molecule has 1 atom stereocenters. The number of pyridine rings is 1. The lowest BCUT2D eigenvalue weighted by Crippen LogP contribution is -2.43. The molecule has 1 saturated carbocycles. The summed E-state index contributed by atoms with van der Waals surface area (Å²) in [6.07, 6.45) is 5.17. The fourth-order valence-corrected chi connectivity index (χ4v) is 3.59. The number of carbonyl (C=O) groups is 2. The Hall–Kier alpha value is -2.38. The van der Waals surface area contributed by atoms with Gasteiger partial charge in [0.2, 0.25) is 5.88 Å². The summed E-state index contributed by atoms with van der Waals surface area (Å²) >= 11 is 0. The third-order valence-electron chi connectivity index (χ3n) is 5.49. The van der Waals surface area contributed by atoms with E-state index in [1.807, 2.05) is 19.9 Å². The Morgan fingerprint density at radius 2 is 2.00 bits per heavy atom. The van der Waals surface area contributed by atoms with Gasteiger partial charge < -0.3 is 19.7 Å². The molecule has 1 N–H and O–H groups in total. The van der Waals surface area contributed by atoms with Crippen molar-refractivity contribution in [2.75, 3.05) is 37.9 Å². The predicted molar refractivity (Wildman–Crippen MR) is 116 cm³/mol. The molecule has 1 aromatic heterocycles. The van der Waals surface area contributed by atoms with Crippen molar-refractivity contribution in [3.05, 3.63) is 17.8 Å². The van der Waals surface area contributed by atoms with Gasteiger partial charge in [-0.05, 0) is 56.1 Å². The second-order valence-corrected chi connectivity index (χ2v) is 8.83. The normalized spacial score (nSPS) is 17.0. The zero-order valence-electron chi connectivity index (χ0n) is 18.6. The van der Waals surface area contributed by atoms with Crippen molar-refractivity contribution in [3.8, 4) is 5.88 Å². The lowest BCUT2D eigenvalue weighted by atomic mass is 10.0. The number of hydrogen-bond donors (Lipinski definition) is 1. The molecule has 31 heavy (non-hydrogen) atoms. The summed E-state index contributed by atoms with van der Waals surface area (Å²) in [5.74, 6) is 0.223. The molecular weight excluding hydrogens is 401 g/mol. The van der Waals surface area contributed by atoms with Crippen molar-refractivity contribution in [1.29, 1.82) is 0 Å². The molecule has 0 unspecified atom stereocenters. The fourth-order valence-electron chi connectivity index (χ4n) is 3.59. The summed E-state index contributed by atoms with van der Waals surface area (Å²) in [6, 6.07) is 2.75. The van der Waals surface area contributed by atoms with E-state index < -0.39 is 24.6 Å². The standard InChI is InChI=1S/C23H34FN3O4/c1-16(2)14-19(23(29)30-13-5-10-24)25-21(28)18-8-9-20(27-11-3-4-12-27)22(26-18)31-15-17-6-7-17/h8-9,16-17,19H,3-7,10-15H2,1-2H3,(H,25,28)/t19-/m1/s1. The average molecular weight is 436 g/mol. The maximum Gasteiger partial charge on any atom is 0.328 e. The highest BCUT2D eigenvalue weighted by molar-refractivity contribution is 5.95. The number of hydrogen-bond acceptors (Lipinski definition) is 6. The molecule has 2 fully saturated rings. The van der Waals surface area contributed by atoms with Crippen LogP contribution in [0.3, 0.4) is 0 Å². The topological polar surface area (TPSA) is 80.8 Å². The monoisotopic (exact) mass is 435 g/mol. The van der Waals surface area contributed by atoms with E-state index in [4.69, 9.17) is 9.47 Å². The second-order valence-electron chi connectivity index (χ2n) is 8.83. The highest BCUT2D eigenvalue weighted by atomic mass is 19.1. The van der Waals surface area contributed by atoms with Gasteiger partial charge in [-0.2, -0.15) is 0 Å². The van der Waals surface area contributed by atoms with Crippen LogP contribution < -0.4 is 15.0 Å². The molecule has 172 valence electrons. The highest BCUT2D eigenvalue weighted by Crippen LogP contribution is 2.33. The van der Waals surface area contributed by atoms with Crippen molar-refractivity contribution in [2.24, 2.45) is 11.8 Å². The van der Waals surface area contributed by atoms with Gasteiger partial charge in [0.05, 0.1) is 25.6 Å². The first kappa shape index (κ1) is 23.3. The number of esters is 1. The molecule has 2 heterocycles. The Kier molecular flexibility index (Phi) is 8.49. The number of nitrogens with zero attached hydrogens (tertiary/aromatic N) is 2. The van der Waals surface area contributed by atoms with Crippen LogP contribution >= 0.6 is 0 Å². The SMILES string of the molecule is CC(C)C[C@@H](NC(=O)c1ccc(N2CCCC2)c(OCC2CC2)n1)C(=O)OCCCF. The zero-order chi connectivity index (χ0) is 22.2. The summed E-state index contributed by atoms with van der Waals surface area (Å²) in [7, 11) is 0. The number of nitrogens with one attached hydrogen (secondary N) is 1. The smallest absolute Gasteiger partial charge is 0.328 e. The Balaban J connectivity index is 1.71. The second kappa shape index (κ2) is 11.3. The summed E-state index contributed by atoms with van der Waals surface area (Å²) in [4.78, 5) is 32.0. The van der Waals surface area contributed by atoms with Gasteiger partial charge in [-0.1, -0.05) is 13.8 Å². The maximum absolute atomic E-state index is 12.9. The number of carbonyl (C=O) groups excluding carboxylic acids is 2. The van der Waals surface area contributed by atoms with Crippen LogP contribution in [0.25, 0.3) is 0 Å². The largest absolute Gasteiger partial charge is 0.476 e. The molecule has 1 amide bonds. The molecule has 0 radical (unpaired) electrons. The molecule has 0 aromatic carbocycles. The fraction of sp³-hybridized carbons (Fsp3) is 0.696. The number of alkyl halides is 1. The van der Waals surface area contributed by atoms with E-state index in [2.05, 4.69) is 15.2 Å². The van der Waals surface area contributed by atoms with Gasteiger partial charge >= 0.3 is 5.97 Å². The first-order chi connectivity index (χ1) is 15.0. The van der Waals surface area contributed by atoms with Crippen molar-refractivity contribution in [3.63, 3.8) is 0 Å². The lowest BCUT2D eigenvalue weighted by molar-refractivity contribution is -0.146. The van der Waals surface area contributed by atoms with E-state index in [0.29, 0.717) is 24.8 Å². The number of rotatable bonds is 12. The minimum Gasteiger partial charge on any atom is -0.476 e. The third-order valence-corrected chi connectivity index (χ3v) is 5.49. The number of ether oxygens (including phenoxy) is 2. The predicted octanol–water partition coefficient (Wildman–Crippen LogP) is 3.52. The van der Waals surface area contributed by atoms with Crippen LogP contribution in [0.15, 0.2) is 12.1 Å². The average Bonchev–Trinajstić information content (AvgIpc) is 3.42. The van der Waals surface area contributed by atoms with Crippen molar-refractivity contribution >= 4 is 17.6 Å². The first-order valence-electron chi connectivity index (χ1n) is 11.4. The summed E-state index contributed by atoms with van der Waals surface area (Å²) in [6.45, 7) is 5.88. The van der Waals surface area contributed by atoms with E-state index in [0.717, 1.165) is 31.6 Å². The zero-order valence-corrected chi connectivity index (χ0v) is 18.6. The molecule has 8 heteroatoms. The molecule has 2 aliphatic rings. The molecule has 0 bridgehead atoms. The van der Waals surface area contributed by atoms with Crippen LogP contribution in [0.1, 0.15) is 62.9 Å². The maximum atomic E-state index is 12.9. The molecule has 3 rings (SSSR count). The number of aromatic nitrogens is 1. The van der Waals surface area contributed by atoms with E-state index in [9.17, 15) is 14.0 Å². The van der Waals surface area contributed by atoms with Gasteiger partial charge in [0.15, 0.2) is 0 Å². The molecule has 1 aliphatic carbocycles. The van der Waals surface area contributed by atoms with Gasteiger partial charge in [0.1, 0.15) is 11.7 Å². The molecular formula is C23H34FN3O4. The van der Waals surface area contributed by atoms with E-state index in [1.54, 1.807) is 6.07 Å². The Bertz CT molecular complexity index is 748. The van der Waals surface area contributed by atoms with Crippen molar-refractivity contribution in [2.45, 2.75) is 58.4 Å². The number of amides is 1.